The van der Waals surface area contributed by atoms with E-state index in [4.69, 9.17) is 0 Å². The Labute approximate surface area is 109 Å². The van der Waals surface area contributed by atoms with Gasteiger partial charge in [-0.25, -0.2) is 0 Å². The van der Waals surface area contributed by atoms with Crippen LogP contribution >= 0.6 is 0 Å². The molecule has 0 heterocycles. The van der Waals surface area contributed by atoms with Crippen LogP contribution in [0.5, 0.6) is 0 Å². The van der Waals surface area contributed by atoms with Crippen molar-refractivity contribution in [3.8, 4) is 0 Å². The molecule has 0 saturated carbocycles. The lowest BCUT2D eigenvalue weighted by atomic mass is 9.97. The SMILES string of the molecule is C=C/C=C(\C=C)c1ccc(C2=CCCC=C2)cc1. The normalized spacial score (nSPS) is 15.1. The van der Waals surface area contributed by atoms with Crippen LogP contribution in [0.15, 0.2) is 73.9 Å². The molecule has 1 aliphatic rings. The van der Waals surface area contributed by atoms with Gasteiger partial charge >= 0.3 is 0 Å². The van der Waals surface area contributed by atoms with Crippen molar-refractivity contribution in [2.45, 2.75) is 12.8 Å². The van der Waals surface area contributed by atoms with Crippen LogP contribution in [0.1, 0.15) is 24.0 Å². The highest BCUT2D eigenvalue weighted by Gasteiger charge is 2.02. The summed E-state index contributed by atoms with van der Waals surface area (Å²) in [5, 5.41) is 0. The number of rotatable bonds is 4. The molecule has 0 nitrogen and oxygen atoms in total. The molecule has 90 valence electrons. The molecule has 0 unspecified atom stereocenters. The molecule has 0 bridgehead atoms. The van der Waals surface area contributed by atoms with Gasteiger partial charge in [0.05, 0.1) is 0 Å². The molecule has 1 aliphatic carbocycles. The Bertz CT molecular complexity index is 522. The molecule has 1 aromatic carbocycles. The van der Waals surface area contributed by atoms with Crippen molar-refractivity contribution in [3.05, 3.63) is 85.0 Å². The third-order valence-electron chi connectivity index (χ3n) is 3.06. The van der Waals surface area contributed by atoms with E-state index < -0.39 is 0 Å². The van der Waals surface area contributed by atoms with E-state index in [0.29, 0.717) is 0 Å². The van der Waals surface area contributed by atoms with Crippen molar-refractivity contribution in [1.82, 2.24) is 0 Å². The third-order valence-corrected chi connectivity index (χ3v) is 3.06. The zero-order valence-corrected chi connectivity index (χ0v) is 10.6. The summed E-state index contributed by atoms with van der Waals surface area (Å²) in [7, 11) is 0. The lowest BCUT2D eigenvalue weighted by Gasteiger charge is -2.08. The van der Waals surface area contributed by atoms with Gasteiger partial charge in [0.15, 0.2) is 0 Å². The molecule has 2 rings (SSSR count). The predicted octanol–water partition coefficient (Wildman–Crippen LogP) is 5.18. The maximum atomic E-state index is 3.83. The Morgan fingerprint density at radius 1 is 1.06 bits per heavy atom. The van der Waals surface area contributed by atoms with Gasteiger partial charge in [-0.15, -0.1) is 0 Å². The largest absolute Gasteiger partial charge is 0.0990 e. The van der Waals surface area contributed by atoms with Crippen molar-refractivity contribution in [1.29, 1.82) is 0 Å². The number of allylic oxidation sites excluding steroid dienone is 8. The first-order chi connectivity index (χ1) is 8.85. The molecule has 0 atom stereocenters. The van der Waals surface area contributed by atoms with Crippen molar-refractivity contribution in [3.63, 3.8) is 0 Å². The first-order valence-corrected chi connectivity index (χ1v) is 6.28. The maximum Gasteiger partial charge on any atom is -0.0184 e. The summed E-state index contributed by atoms with van der Waals surface area (Å²) in [6, 6.07) is 8.60. The van der Waals surface area contributed by atoms with E-state index >= 15 is 0 Å². The van der Waals surface area contributed by atoms with Crippen LogP contribution in [0.4, 0.5) is 0 Å². The fourth-order valence-corrected chi connectivity index (χ4v) is 2.09. The van der Waals surface area contributed by atoms with Crippen LogP contribution < -0.4 is 0 Å². The molecular weight excluding hydrogens is 216 g/mol. The Balaban J connectivity index is 2.27. The molecule has 1 aromatic rings. The molecule has 0 radical (unpaired) electrons. The Morgan fingerprint density at radius 3 is 2.39 bits per heavy atom. The fourth-order valence-electron chi connectivity index (χ4n) is 2.09. The Hall–Kier alpha value is -2.08. The molecule has 0 amide bonds. The Morgan fingerprint density at radius 2 is 1.83 bits per heavy atom. The number of hydrogen-bond donors (Lipinski definition) is 0. The van der Waals surface area contributed by atoms with Gasteiger partial charge in [-0.05, 0) is 35.1 Å². The molecule has 0 saturated heterocycles. The maximum absolute atomic E-state index is 3.83. The first-order valence-electron chi connectivity index (χ1n) is 6.28. The molecule has 18 heavy (non-hydrogen) atoms. The number of benzene rings is 1. The summed E-state index contributed by atoms with van der Waals surface area (Å²) in [5.74, 6) is 0. The summed E-state index contributed by atoms with van der Waals surface area (Å²) in [6.07, 6.45) is 14.6. The van der Waals surface area contributed by atoms with Gasteiger partial charge in [0.25, 0.3) is 0 Å². The van der Waals surface area contributed by atoms with Gasteiger partial charge in [-0.1, -0.05) is 73.9 Å². The average molecular weight is 234 g/mol. The van der Waals surface area contributed by atoms with E-state index in [-0.39, 0.29) is 0 Å². The minimum Gasteiger partial charge on any atom is -0.0990 e. The summed E-state index contributed by atoms with van der Waals surface area (Å²) in [4.78, 5) is 0. The van der Waals surface area contributed by atoms with E-state index in [9.17, 15) is 0 Å². The molecule has 0 aliphatic heterocycles. The van der Waals surface area contributed by atoms with Crippen molar-refractivity contribution in [2.75, 3.05) is 0 Å². The van der Waals surface area contributed by atoms with Gasteiger partial charge in [0.2, 0.25) is 0 Å². The quantitative estimate of drug-likeness (QED) is 0.630. The smallest absolute Gasteiger partial charge is 0.0184 e. The second kappa shape index (κ2) is 6.02. The molecule has 0 heteroatoms. The van der Waals surface area contributed by atoms with Crippen LogP contribution in [0, 0.1) is 0 Å². The minimum absolute atomic E-state index is 1.10. The van der Waals surface area contributed by atoms with Crippen LogP contribution in [0.25, 0.3) is 11.1 Å². The minimum atomic E-state index is 1.10. The lowest BCUT2D eigenvalue weighted by Crippen LogP contribution is -1.87. The summed E-state index contributed by atoms with van der Waals surface area (Å²) < 4.78 is 0. The van der Waals surface area contributed by atoms with E-state index in [0.717, 1.165) is 18.4 Å². The van der Waals surface area contributed by atoms with Crippen LogP contribution in [-0.2, 0) is 0 Å². The van der Waals surface area contributed by atoms with Gasteiger partial charge < -0.3 is 0 Å². The van der Waals surface area contributed by atoms with Gasteiger partial charge in [-0.2, -0.15) is 0 Å². The van der Waals surface area contributed by atoms with Crippen LogP contribution in [0.2, 0.25) is 0 Å². The molecule has 0 spiro atoms. The van der Waals surface area contributed by atoms with Crippen LogP contribution in [-0.4, -0.2) is 0 Å². The van der Waals surface area contributed by atoms with E-state index in [1.807, 2.05) is 12.2 Å². The highest BCUT2D eigenvalue weighted by Crippen LogP contribution is 2.23. The van der Waals surface area contributed by atoms with Gasteiger partial charge in [-0.3, -0.25) is 0 Å². The Kier molecular flexibility index (Phi) is 4.14. The third kappa shape index (κ3) is 2.78. The second-order valence-electron chi connectivity index (χ2n) is 4.28. The van der Waals surface area contributed by atoms with Crippen molar-refractivity contribution >= 4 is 11.1 Å². The van der Waals surface area contributed by atoms with E-state index in [1.165, 1.54) is 16.7 Å². The van der Waals surface area contributed by atoms with Crippen molar-refractivity contribution in [2.24, 2.45) is 0 Å². The summed E-state index contributed by atoms with van der Waals surface area (Å²) >= 11 is 0. The van der Waals surface area contributed by atoms with E-state index in [1.54, 1.807) is 6.08 Å². The van der Waals surface area contributed by atoms with Crippen molar-refractivity contribution < 1.29 is 0 Å². The summed E-state index contributed by atoms with van der Waals surface area (Å²) in [5.41, 5.74) is 4.87. The second-order valence-corrected chi connectivity index (χ2v) is 4.28. The van der Waals surface area contributed by atoms with Crippen LogP contribution in [0.3, 0.4) is 0 Å². The predicted molar refractivity (Wildman–Crippen MR) is 81.2 cm³/mol. The lowest BCUT2D eigenvalue weighted by molar-refractivity contribution is 1.04. The topological polar surface area (TPSA) is 0 Å². The first kappa shape index (κ1) is 12.4. The zero-order valence-electron chi connectivity index (χ0n) is 10.6. The average Bonchev–Trinajstić information content (AvgIpc) is 2.46. The highest BCUT2D eigenvalue weighted by molar-refractivity contribution is 5.78. The standard InChI is InChI=1S/C18H18/c1-3-8-15(4-2)17-11-13-18(14-12-17)16-9-6-5-7-10-16/h3-4,6,8-14H,1-2,5,7H2/b15-8+. The molecular formula is C18H18. The zero-order chi connectivity index (χ0) is 12.8. The van der Waals surface area contributed by atoms with E-state index in [2.05, 4.69) is 55.7 Å². The molecule has 0 fully saturated rings. The molecule has 0 N–H and O–H groups in total. The fraction of sp³-hybridized carbons (Fsp3) is 0.111. The number of hydrogen-bond acceptors (Lipinski definition) is 0. The van der Waals surface area contributed by atoms with Gasteiger partial charge in [0, 0.05) is 0 Å². The highest BCUT2D eigenvalue weighted by atomic mass is 14.1. The molecule has 0 aromatic heterocycles. The van der Waals surface area contributed by atoms with Gasteiger partial charge in [0.1, 0.15) is 0 Å². The monoisotopic (exact) mass is 234 g/mol. The summed E-state index contributed by atoms with van der Waals surface area (Å²) in [6.45, 7) is 7.55.